The van der Waals surface area contributed by atoms with Gasteiger partial charge in [-0.25, -0.2) is 0 Å². The van der Waals surface area contributed by atoms with Crippen LogP contribution in [0.5, 0.6) is 28.7 Å². The number of amides is 2. The average Bonchev–Trinajstić information content (AvgIpc) is 2.89. The van der Waals surface area contributed by atoms with Crippen molar-refractivity contribution < 1.29 is 33.3 Å². The van der Waals surface area contributed by atoms with Crippen LogP contribution in [0.25, 0.3) is 0 Å². The van der Waals surface area contributed by atoms with Crippen LogP contribution in [-0.4, -0.2) is 57.8 Å². The highest BCUT2D eigenvalue weighted by atomic mass is 16.5. The fourth-order valence-corrected chi connectivity index (χ4v) is 4.40. The maximum atomic E-state index is 13.8. The Balaban J connectivity index is 1.94. The maximum absolute atomic E-state index is 13.8. The molecule has 2 amide bonds. The summed E-state index contributed by atoms with van der Waals surface area (Å²) in [7, 11) is 6.10. The van der Waals surface area contributed by atoms with Crippen LogP contribution in [0.15, 0.2) is 30.3 Å². The van der Waals surface area contributed by atoms with Crippen molar-refractivity contribution in [1.29, 1.82) is 0 Å². The predicted octanol–water partition coefficient (Wildman–Crippen LogP) is 3.56. The van der Waals surface area contributed by atoms with E-state index in [1.807, 2.05) is 17.0 Å². The zero-order valence-electron chi connectivity index (χ0n) is 20.8. The summed E-state index contributed by atoms with van der Waals surface area (Å²) in [6, 6.07) is 8.86. The molecule has 1 aliphatic rings. The van der Waals surface area contributed by atoms with Gasteiger partial charge in [-0.05, 0) is 42.7 Å². The molecule has 0 radical (unpaired) electrons. The molecule has 9 nitrogen and oxygen atoms in total. The molecule has 0 bridgehead atoms. The minimum atomic E-state index is -0.574. The highest BCUT2D eigenvalue weighted by Gasteiger charge is 2.28. The fraction of sp³-hybridized carbons (Fsp3) is 0.462. The molecule has 3 rings (SSSR count). The summed E-state index contributed by atoms with van der Waals surface area (Å²) < 4.78 is 27.2. The topological polar surface area (TPSA) is 110 Å². The van der Waals surface area contributed by atoms with Crippen LogP contribution in [-0.2, 0) is 11.3 Å². The maximum Gasteiger partial charge on any atom is 0.255 e. The molecule has 0 atom stereocenters. The minimum Gasteiger partial charge on any atom is -0.493 e. The van der Waals surface area contributed by atoms with Crippen molar-refractivity contribution in [1.82, 2.24) is 4.90 Å². The van der Waals surface area contributed by atoms with Crippen molar-refractivity contribution in [2.75, 3.05) is 35.0 Å². The molecule has 1 saturated carbocycles. The number of rotatable bonds is 11. The molecule has 2 aromatic rings. The quantitative estimate of drug-likeness (QED) is 0.517. The molecule has 0 aliphatic heterocycles. The van der Waals surface area contributed by atoms with E-state index in [9.17, 15) is 9.59 Å². The van der Waals surface area contributed by atoms with Gasteiger partial charge in [0.2, 0.25) is 5.75 Å². The zero-order valence-corrected chi connectivity index (χ0v) is 20.8. The molecule has 9 heteroatoms. The number of benzene rings is 2. The zero-order chi connectivity index (χ0) is 25.4. The fourth-order valence-electron chi connectivity index (χ4n) is 4.40. The first-order chi connectivity index (χ1) is 16.9. The third-order valence-corrected chi connectivity index (χ3v) is 6.14. The summed E-state index contributed by atoms with van der Waals surface area (Å²) >= 11 is 0. The smallest absolute Gasteiger partial charge is 0.255 e. The van der Waals surface area contributed by atoms with Gasteiger partial charge in [-0.1, -0.05) is 25.3 Å². The van der Waals surface area contributed by atoms with Crippen molar-refractivity contribution in [2.24, 2.45) is 5.73 Å². The summed E-state index contributed by atoms with van der Waals surface area (Å²) in [6.45, 7) is 0.135. The number of nitrogens with two attached hydrogens (primary N) is 1. The molecule has 1 aliphatic carbocycles. The summed E-state index contributed by atoms with van der Waals surface area (Å²) in [5, 5.41) is 0. The lowest BCUT2D eigenvalue weighted by Gasteiger charge is -2.35. The first-order valence-corrected chi connectivity index (χ1v) is 11.6. The van der Waals surface area contributed by atoms with Crippen LogP contribution in [0.1, 0.15) is 48.0 Å². The van der Waals surface area contributed by atoms with Crippen molar-refractivity contribution in [3.8, 4) is 28.7 Å². The molecule has 0 heterocycles. The molecule has 0 saturated heterocycles. The molecule has 0 aromatic heterocycles. The van der Waals surface area contributed by atoms with E-state index in [2.05, 4.69) is 0 Å². The third-order valence-electron chi connectivity index (χ3n) is 6.14. The molecule has 1 fully saturated rings. The molecular weight excluding hydrogens is 452 g/mol. The van der Waals surface area contributed by atoms with E-state index in [4.69, 9.17) is 29.4 Å². The summed E-state index contributed by atoms with van der Waals surface area (Å²) in [5.41, 5.74) is 6.52. The van der Waals surface area contributed by atoms with Gasteiger partial charge >= 0.3 is 0 Å². The summed E-state index contributed by atoms with van der Waals surface area (Å²) in [5.74, 6) is 1.47. The van der Waals surface area contributed by atoms with E-state index in [0.29, 0.717) is 40.9 Å². The number of methoxy groups -OCH3 is 4. The Kier molecular flexibility index (Phi) is 9.05. The SMILES string of the molecule is COc1cc(CN(C(=O)c2cc(OC)c(OC)c(OC)c2)C2CCCCC2)ccc1OCC(N)=O. The Hall–Kier alpha value is -3.62. The van der Waals surface area contributed by atoms with Gasteiger partial charge in [-0.3, -0.25) is 9.59 Å². The van der Waals surface area contributed by atoms with Crippen LogP contribution in [0.3, 0.4) is 0 Å². The van der Waals surface area contributed by atoms with Crippen molar-refractivity contribution >= 4 is 11.8 Å². The van der Waals surface area contributed by atoms with Crippen LogP contribution >= 0.6 is 0 Å². The van der Waals surface area contributed by atoms with Gasteiger partial charge in [0.05, 0.1) is 28.4 Å². The van der Waals surface area contributed by atoms with Crippen molar-refractivity contribution in [3.05, 3.63) is 41.5 Å². The van der Waals surface area contributed by atoms with Gasteiger partial charge in [0, 0.05) is 18.2 Å². The second kappa shape index (κ2) is 12.2. The lowest BCUT2D eigenvalue weighted by molar-refractivity contribution is -0.119. The number of hydrogen-bond donors (Lipinski definition) is 1. The number of ether oxygens (including phenoxy) is 5. The summed E-state index contributed by atoms with van der Waals surface area (Å²) in [4.78, 5) is 26.8. The molecule has 2 N–H and O–H groups in total. The van der Waals surface area contributed by atoms with Crippen molar-refractivity contribution in [3.63, 3.8) is 0 Å². The van der Waals surface area contributed by atoms with Crippen LogP contribution in [0.4, 0.5) is 0 Å². The number of primary amides is 1. The van der Waals surface area contributed by atoms with Gasteiger partial charge < -0.3 is 34.3 Å². The van der Waals surface area contributed by atoms with E-state index >= 15 is 0 Å². The van der Waals surface area contributed by atoms with Gasteiger partial charge in [0.15, 0.2) is 29.6 Å². The van der Waals surface area contributed by atoms with E-state index < -0.39 is 5.91 Å². The van der Waals surface area contributed by atoms with E-state index in [1.54, 1.807) is 18.2 Å². The highest BCUT2D eigenvalue weighted by molar-refractivity contribution is 5.96. The Bertz CT molecular complexity index is 1010. The Morgan fingerprint density at radius 2 is 1.49 bits per heavy atom. The molecular formula is C26H34N2O7. The first kappa shape index (κ1) is 26.0. The Labute approximate surface area is 206 Å². The van der Waals surface area contributed by atoms with Gasteiger partial charge in [0.25, 0.3) is 11.8 Å². The second-order valence-electron chi connectivity index (χ2n) is 8.38. The molecule has 2 aromatic carbocycles. The molecule has 0 unspecified atom stereocenters. The van der Waals surface area contributed by atoms with Crippen LogP contribution < -0.4 is 29.4 Å². The lowest BCUT2D eigenvalue weighted by Crippen LogP contribution is -2.41. The Morgan fingerprint density at radius 3 is 2.03 bits per heavy atom. The standard InChI is InChI=1S/C26H34N2O7/c1-31-21-12-17(10-11-20(21)35-16-24(27)29)15-28(19-8-6-5-7-9-19)26(30)18-13-22(32-2)25(34-4)23(14-18)33-3/h10-14,19H,5-9,15-16H2,1-4H3,(H2,27,29). The highest BCUT2D eigenvalue weighted by Crippen LogP contribution is 2.39. The van der Waals surface area contributed by atoms with Gasteiger partial charge in [-0.15, -0.1) is 0 Å². The largest absolute Gasteiger partial charge is 0.493 e. The van der Waals surface area contributed by atoms with Gasteiger partial charge in [-0.2, -0.15) is 0 Å². The average molecular weight is 487 g/mol. The normalized spacial score (nSPS) is 13.6. The monoisotopic (exact) mass is 486 g/mol. The van der Waals surface area contributed by atoms with Crippen LogP contribution in [0, 0.1) is 0 Å². The molecule has 0 spiro atoms. The third kappa shape index (κ3) is 6.29. The number of hydrogen-bond acceptors (Lipinski definition) is 7. The molecule has 190 valence electrons. The van der Waals surface area contributed by atoms with E-state index in [-0.39, 0.29) is 18.6 Å². The summed E-state index contributed by atoms with van der Waals surface area (Å²) in [6.07, 6.45) is 5.20. The van der Waals surface area contributed by atoms with Gasteiger partial charge in [0.1, 0.15) is 0 Å². The Morgan fingerprint density at radius 1 is 0.857 bits per heavy atom. The number of nitrogens with zero attached hydrogens (tertiary/aromatic N) is 1. The van der Waals surface area contributed by atoms with E-state index in [1.165, 1.54) is 34.9 Å². The molecule has 35 heavy (non-hydrogen) atoms. The first-order valence-electron chi connectivity index (χ1n) is 11.6. The predicted molar refractivity (Wildman–Crippen MR) is 131 cm³/mol. The number of carbonyl (C=O) groups is 2. The van der Waals surface area contributed by atoms with Crippen molar-refractivity contribution in [2.45, 2.75) is 44.7 Å². The second-order valence-corrected chi connectivity index (χ2v) is 8.38. The van der Waals surface area contributed by atoms with E-state index in [0.717, 1.165) is 31.2 Å². The minimum absolute atomic E-state index is 0.104. The number of carbonyl (C=O) groups excluding carboxylic acids is 2. The lowest BCUT2D eigenvalue weighted by atomic mass is 9.93. The van der Waals surface area contributed by atoms with Crippen LogP contribution in [0.2, 0.25) is 0 Å².